The van der Waals surface area contributed by atoms with Crippen molar-refractivity contribution in [1.29, 1.82) is 0 Å². The summed E-state index contributed by atoms with van der Waals surface area (Å²) >= 11 is 0. The second-order valence-electron chi connectivity index (χ2n) is 9.94. The third kappa shape index (κ3) is 5.36. The highest BCUT2D eigenvalue weighted by molar-refractivity contribution is 5.95. The highest BCUT2D eigenvalue weighted by atomic mass is 19.1. The first-order valence-corrected chi connectivity index (χ1v) is 12.8. The minimum absolute atomic E-state index is 0.0212. The van der Waals surface area contributed by atoms with Crippen LogP contribution in [0.3, 0.4) is 0 Å². The standard InChI is InChI=1S/C30H31F2N3O2/c1-21-6-4-7-22(18-21)27-13-12-24(20-35(27)30(37)23-8-5-9-25(31)19-23)29(36)34-16-14-33(15-17-34)28-11-3-2-10-26(28)32/h2-11,18-19,24,27H,12-17,20H2,1H3. The molecule has 0 aliphatic carbocycles. The van der Waals surface area contributed by atoms with Gasteiger partial charge in [-0.3, -0.25) is 9.59 Å². The molecule has 2 atom stereocenters. The summed E-state index contributed by atoms with van der Waals surface area (Å²) in [4.78, 5) is 32.7. The lowest BCUT2D eigenvalue weighted by atomic mass is 9.87. The molecule has 0 N–H and O–H groups in total. The van der Waals surface area contributed by atoms with E-state index in [-0.39, 0.29) is 41.7 Å². The van der Waals surface area contributed by atoms with Gasteiger partial charge >= 0.3 is 0 Å². The lowest BCUT2D eigenvalue weighted by molar-refractivity contribution is -0.137. The van der Waals surface area contributed by atoms with E-state index in [1.165, 1.54) is 24.3 Å². The van der Waals surface area contributed by atoms with Gasteiger partial charge < -0.3 is 14.7 Å². The van der Waals surface area contributed by atoms with Gasteiger partial charge in [0.25, 0.3) is 5.91 Å². The molecule has 37 heavy (non-hydrogen) atoms. The van der Waals surface area contributed by atoms with Crippen molar-refractivity contribution < 1.29 is 18.4 Å². The first-order chi connectivity index (χ1) is 17.9. The third-order valence-corrected chi connectivity index (χ3v) is 7.47. The monoisotopic (exact) mass is 503 g/mol. The molecule has 2 saturated heterocycles. The largest absolute Gasteiger partial charge is 0.366 e. The Balaban J connectivity index is 1.32. The van der Waals surface area contributed by atoms with Crippen LogP contribution in [0.2, 0.25) is 0 Å². The topological polar surface area (TPSA) is 43.9 Å². The number of halogens is 2. The summed E-state index contributed by atoms with van der Waals surface area (Å²) in [6.45, 7) is 4.40. The number of piperidine rings is 1. The minimum atomic E-state index is -0.463. The lowest BCUT2D eigenvalue weighted by Crippen LogP contribution is -2.53. The average Bonchev–Trinajstić information content (AvgIpc) is 2.92. The Morgan fingerprint density at radius 3 is 2.32 bits per heavy atom. The van der Waals surface area contributed by atoms with Gasteiger partial charge in [0.2, 0.25) is 5.91 Å². The van der Waals surface area contributed by atoms with E-state index in [0.29, 0.717) is 44.7 Å². The molecular formula is C30H31F2N3O2. The Morgan fingerprint density at radius 1 is 0.838 bits per heavy atom. The van der Waals surface area contributed by atoms with Crippen molar-refractivity contribution in [3.8, 4) is 0 Å². The first-order valence-electron chi connectivity index (χ1n) is 12.8. The number of benzene rings is 3. The molecule has 0 radical (unpaired) electrons. The van der Waals surface area contributed by atoms with Gasteiger partial charge in [-0.05, 0) is 55.7 Å². The molecule has 0 aromatic heterocycles. The number of carbonyl (C=O) groups is 2. The number of anilines is 1. The van der Waals surface area contributed by atoms with Crippen molar-refractivity contribution in [2.75, 3.05) is 37.6 Å². The Bertz CT molecular complexity index is 1290. The Kier molecular flexibility index (Phi) is 7.22. The molecule has 0 saturated carbocycles. The van der Waals surface area contributed by atoms with Crippen LogP contribution in [0.5, 0.6) is 0 Å². The molecule has 192 valence electrons. The van der Waals surface area contributed by atoms with Crippen molar-refractivity contribution in [3.05, 3.63) is 101 Å². The molecule has 3 aromatic carbocycles. The van der Waals surface area contributed by atoms with E-state index in [1.54, 1.807) is 23.1 Å². The van der Waals surface area contributed by atoms with E-state index in [1.807, 2.05) is 41.0 Å². The number of hydrogen-bond acceptors (Lipinski definition) is 3. The molecular weight excluding hydrogens is 472 g/mol. The fourth-order valence-corrected chi connectivity index (χ4v) is 5.54. The van der Waals surface area contributed by atoms with Gasteiger partial charge in [-0.1, -0.05) is 48.0 Å². The predicted octanol–water partition coefficient (Wildman–Crippen LogP) is 5.22. The summed E-state index contributed by atoms with van der Waals surface area (Å²) in [5.74, 6) is -1.31. The van der Waals surface area contributed by atoms with Crippen molar-refractivity contribution in [2.45, 2.75) is 25.8 Å². The lowest BCUT2D eigenvalue weighted by Gasteiger charge is -2.42. The van der Waals surface area contributed by atoms with Crippen LogP contribution in [0, 0.1) is 24.5 Å². The van der Waals surface area contributed by atoms with Crippen molar-refractivity contribution in [3.63, 3.8) is 0 Å². The van der Waals surface area contributed by atoms with E-state index < -0.39 is 5.82 Å². The predicted molar refractivity (Wildman–Crippen MR) is 139 cm³/mol. The van der Waals surface area contributed by atoms with Crippen LogP contribution in [0.1, 0.15) is 40.4 Å². The summed E-state index contributed by atoms with van der Waals surface area (Å²) in [7, 11) is 0. The number of amides is 2. The molecule has 2 unspecified atom stereocenters. The van der Waals surface area contributed by atoms with E-state index in [4.69, 9.17) is 0 Å². The molecule has 2 fully saturated rings. The molecule has 7 heteroatoms. The molecule has 2 heterocycles. The van der Waals surface area contributed by atoms with Crippen molar-refractivity contribution >= 4 is 17.5 Å². The van der Waals surface area contributed by atoms with Crippen LogP contribution in [0.4, 0.5) is 14.5 Å². The SMILES string of the molecule is Cc1cccc(C2CCC(C(=O)N3CCN(c4ccccc4F)CC3)CN2C(=O)c2cccc(F)c2)c1. The second-order valence-corrected chi connectivity index (χ2v) is 9.94. The Labute approximate surface area is 216 Å². The molecule has 5 rings (SSSR count). The maximum absolute atomic E-state index is 14.2. The highest BCUT2D eigenvalue weighted by Gasteiger charge is 2.38. The number of hydrogen-bond donors (Lipinski definition) is 0. The van der Waals surface area contributed by atoms with Gasteiger partial charge in [0.1, 0.15) is 11.6 Å². The maximum Gasteiger partial charge on any atom is 0.254 e. The molecule has 2 amide bonds. The first kappa shape index (κ1) is 24.9. The fraction of sp³-hybridized carbons (Fsp3) is 0.333. The number of likely N-dealkylation sites (tertiary alicyclic amines) is 1. The number of nitrogens with zero attached hydrogens (tertiary/aromatic N) is 3. The van der Waals surface area contributed by atoms with Crippen LogP contribution in [0.15, 0.2) is 72.8 Å². The molecule has 2 aliphatic rings. The molecule has 0 bridgehead atoms. The quantitative estimate of drug-likeness (QED) is 0.491. The Hall–Kier alpha value is -3.74. The number of rotatable bonds is 4. The van der Waals surface area contributed by atoms with Gasteiger partial charge in [0.05, 0.1) is 17.6 Å². The van der Waals surface area contributed by atoms with Gasteiger partial charge in [0.15, 0.2) is 0 Å². The van der Waals surface area contributed by atoms with Gasteiger partial charge in [-0.15, -0.1) is 0 Å². The minimum Gasteiger partial charge on any atom is -0.366 e. The van der Waals surface area contributed by atoms with E-state index in [0.717, 1.165) is 11.1 Å². The zero-order chi connectivity index (χ0) is 25.9. The van der Waals surface area contributed by atoms with E-state index in [2.05, 4.69) is 6.07 Å². The molecule has 5 nitrogen and oxygen atoms in total. The van der Waals surface area contributed by atoms with Crippen molar-refractivity contribution in [2.24, 2.45) is 5.92 Å². The van der Waals surface area contributed by atoms with Crippen LogP contribution in [-0.4, -0.2) is 54.3 Å². The van der Waals surface area contributed by atoms with E-state index >= 15 is 0 Å². The Morgan fingerprint density at radius 2 is 1.59 bits per heavy atom. The van der Waals surface area contributed by atoms with E-state index in [9.17, 15) is 18.4 Å². The summed E-state index contributed by atoms with van der Waals surface area (Å²) in [5, 5.41) is 0. The second kappa shape index (κ2) is 10.7. The normalized spacial score (nSPS) is 20.1. The average molecular weight is 504 g/mol. The maximum atomic E-state index is 14.2. The fourth-order valence-electron chi connectivity index (χ4n) is 5.54. The summed E-state index contributed by atoms with van der Waals surface area (Å²) in [5.41, 5.74) is 2.96. The van der Waals surface area contributed by atoms with Crippen LogP contribution in [-0.2, 0) is 4.79 Å². The number of carbonyl (C=O) groups excluding carboxylic acids is 2. The zero-order valence-corrected chi connectivity index (χ0v) is 20.9. The molecule has 2 aliphatic heterocycles. The third-order valence-electron chi connectivity index (χ3n) is 7.47. The highest BCUT2D eigenvalue weighted by Crippen LogP contribution is 2.36. The smallest absolute Gasteiger partial charge is 0.254 e. The van der Waals surface area contributed by atoms with Crippen molar-refractivity contribution in [1.82, 2.24) is 9.80 Å². The van der Waals surface area contributed by atoms with Gasteiger partial charge in [-0.2, -0.15) is 0 Å². The van der Waals surface area contributed by atoms with Crippen LogP contribution >= 0.6 is 0 Å². The molecule has 0 spiro atoms. The number of aryl methyl sites for hydroxylation is 1. The summed E-state index contributed by atoms with van der Waals surface area (Å²) in [6.07, 6.45) is 1.31. The number of piperazine rings is 1. The number of para-hydroxylation sites is 1. The van der Waals surface area contributed by atoms with Crippen LogP contribution in [0.25, 0.3) is 0 Å². The molecule has 3 aromatic rings. The summed E-state index contributed by atoms with van der Waals surface area (Å²) < 4.78 is 28.2. The van der Waals surface area contributed by atoms with Gasteiger partial charge in [0, 0.05) is 38.3 Å². The van der Waals surface area contributed by atoms with Gasteiger partial charge in [-0.25, -0.2) is 8.78 Å². The zero-order valence-electron chi connectivity index (χ0n) is 20.9. The summed E-state index contributed by atoms with van der Waals surface area (Å²) in [6, 6.07) is 20.3. The van der Waals surface area contributed by atoms with Crippen LogP contribution < -0.4 is 4.90 Å².